The van der Waals surface area contributed by atoms with Crippen molar-refractivity contribution < 1.29 is 14.8 Å². The first-order valence-electron chi connectivity index (χ1n) is 7.25. The summed E-state index contributed by atoms with van der Waals surface area (Å²) < 4.78 is 1.43. The van der Waals surface area contributed by atoms with E-state index >= 15 is 0 Å². The van der Waals surface area contributed by atoms with Gasteiger partial charge < -0.3 is 14.6 Å². The van der Waals surface area contributed by atoms with E-state index in [-0.39, 0.29) is 29.2 Å². The van der Waals surface area contributed by atoms with Crippen LogP contribution in [-0.2, 0) is 6.54 Å². The topological polar surface area (TPSA) is 106 Å². The van der Waals surface area contributed by atoms with Crippen molar-refractivity contribution in [1.29, 1.82) is 0 Å². The summed E-state index contributed by atoms with van der Waals surface area (Å²) in [5.74, 6) is 0. The molecule has 1 aromatic heterocycles. The molecule has 8 heteroatoms. The first-order valence-corrected chi connectivity index (χ1v) is 7.25. The first kappa shape index (κ1) is 15.0. The van der Waals surface area contributed by atoms with Gasteiger partial charge in [0.15, 0.2) is 0 Å². The number of nitrogens with zero attached hydrogens (tertiary/aromatic N) is 3. The zero-order chi connectivity index (χ0) is 16.6. The summed E-state index contributed by atoms with van der Waals surface area (Å²) in [5, 5.41) is 20.8. The SMILES string of the molecule is O=C(O)N1CCC[C@H]1Cn1ccc2c([N+](=O)[O-])cccc2c1=O. The zero-order valence-corrected chi connectivity index (χ0v) is 12.2. The van der Waals surface area contributed by atoms with E-state index in [0.29, 0.717) is 18.4 Å². The van der Waals surface area contributed by atoms with E-state index in [4.69, 9.17) is 5.11 Å². The molecule has 1 aliphatic heterocycles. The zero-order valence-electron chi connectivity index (χ0n) is 12.2. The molecule has 1 amide bonds. The number of carbonyl (C=O) groups is 1. The summed E-state index contributed by atoms with van der Waals surface area (Å²) in [5.41, 5.74) is -0.455. The van der Waals surface area contributed by atoms with Gasteiger partial charge in [0.2, 0.25) is 0 Å². The van der Waals surface area contributed by atoms with Gasteiger partial charge in [0.25, 0.3) is 11.2 Å². The van der Waals surface area contributed by atoms with Gasteiger partial charge in [-0.15, -0.1) is 0 Å². The number of carboxylic acid groups (broad SMARTS) is 1. The van der Waals surface area contributed by atoms with Crippen LogP contribution in [0.1, 0.15) is 12.8 Å². The van der Waals surface area contributed by atoms with Crippen LogP contribution in [0, 0.1) is 10.1 Å². The largest absolute Gasteiger partial charge is 0.465 e. The number of nitro benzene ring substituents is 1. The number of fused-ring (bicyclic) bond motifs is 1. The summed E-state index contributed by atoms with van der Waals surface area (Å²) in [6.45, 7) is 0.720. The van der Waals surface area contributed by atoms with Crippen molar-refractivity contribution in [2.45, 2.75) is 25.4 Å². The highest BCUT2D eigenvalue weighted by Crippen LogP contribution is 2.23. The Bertz CT molecular complexity index is 845. The van der Waals surface area contributed by atoms with Crippen LogP contribution in [0.25, 0.3) is 10.8 Å². The lowest BCUT2D eigenvalue weighted by Crippen LogP contribution is -2.39. The predicted molar refractivity (Wildman–Crippen MR) is 82.6 cm³/mol. The van der Waals surface area contributed by atoms with Crippen LogP contribution in [0.5, 0.6) is 0 Å². The predicted octanol–water partition coefficient (Wildman–Crippen LogP) is 2.05. The number of hydrogen-bond donors (Lipinski definition) is 1. The molecule has 2 heterocycles. The van der Waals surface area contributed by atoms with Crippen molar-refractivity contribution in [2.24, 2.45) is 0 Å². The van der Waals surface area contributed by atoms with E-state index in [1.165, 1.54) is 33.9 Å². The lowest BCUT2D eigenvalue weighted by atomic mass is 10.1. The molecule has 1 saturated heterocycles. The third-order valence-electron chi connectivity index (χ3n) is 4.22. The van der Waals surface area contributed by atoms with E-state index in [2.05, 4.69) is 0 Å². The van der Waals surface area contributed by atoms with E-state index in [1.54, 1.807) is 6.07 Å². The Labute approximate surface area is 130 Å². The molecule has 0 unspecified atom stereocenters. The maximum absolute atomic E-state index is 12.5. The molecule has 0 radical (unpaired) electrons. The molecule has 2 aromatic rings. The van der Waals surface area contributed by atoms with E-state index in [9.17, 15) is 19.7 Å². The smallest absolute Gasteiger partial charge is 0.407 e. The number of likely N-dealkylation sites (tertiary alicyclic amines) is 1. The Morgan fingerprint density at radius 3 is 2.83 bits per heavy atom. The molecule has 0 aliphatic carbocycles. The van der Waals surface area contributed by atoms with Gasteiger partial charge in [-0.25, -0.2) is 4.79 Å². The minimum atomic E-state index is -0.989. The quantitative estimate of drug-likeness (QED) is 0.689. The van der Waals surface area contributed by atoms with Gasteiger partial charge in [0.1, 0.15) is 0 Å². The first-order chi connectivity index (χ1) is 11.0. The van der Waals surface area contributed by atoms with Gasteiger partial charge in [-0.2, -0.15) is 0 Å². The van der Waals surface area contributed by atoms with E-state index in [1.807, 2.05) is 0 Å². The second-order valence-electron chi connectivity index (χ2n) is 5.54. The van der Waals surface area contributed by atoms with Crippen molar-refractivity contribution in [3.05, 3.63) is 50.9 Å². The summed E-state index contributed by atoms with van der Waals surface area (Å²) in [6.07, 6.45) is 1.98. The number of nitro groups is 1. The van der Waals surface area contributed by atoms with Crippen LogP contribution in [0.2, 0.25) is 0 Å². The van der Waals surface area contributed by atoms with Crippen molar-refractivity contribution in [2.75, 3.05) is 6.54 Å². The van der Waals surface area contributed by atoms with Gasteiger partial charge in [0.05, 0.1) is 21.7 Å². The highest BCUT2D eigenvalue weighted by atomic mass is 16.6. The van der Waals surface area contributed by atoms with Gasteiger partial charge >= 0.3 is 6.09 Å². The molecule has 3 rings (SSSR count). The molecule has 0 spiro atoms. The van der Waals surface area contributed by atoms with Crippen LogP contribution < -0.4 is 5.56 Å². The molecular weight excluding hydrogens is 302 g/mol. The minimum absolute atomic E-state index is 0.111. The highest BCUT2D eigenvalue weighted by molar-refractivity contribution is 5.89. The fraction of sp³-hybridized carbons (Fsp3) is 0.333. The molecule has 0 saturated carbocycles. The minimum Gasteiger partial charge on any atom is -0.465 e. The van der Waals surface area contributed by atoms with E-state index < -0.39 is 11.0 Å². The van der Waals surface area contributed by atoms with Crippen molar-refractivity contribution >= 4 is 22.6 Å². The van der Waals surface area contributed by atoms with Crippen molar-refractivity contribution in [3.63, 3.8) is 0 Å². The molecule has 1 N–H and O–H groups in total. The summed E-state index contributed by atoms with van der Waals surface area (Å²) >= 11 is 0. The third kappa shape index (κ3) is 2.63. The second-order valence-corrected chi connectivity index (χ2v) is 5.54. The van der Waals surface area contributed by atoms with Crippen LogP contribution >= 0.6 is 0 Å². The normalized spacial score (nSPS) is 17.6. The lowest BCUT2D eigenvalue weighted by Gasteiger charge is -2.22. The average molecular weight is 317 g/mol. The number of amides is 1. The molecule has 1 aliphatic rings. The maximum Gasteiger partial charge on any atom is 0.407 e. The monoisotopic (exact) mass is 317 g/mol. The fourth-order valence-electron chi connectivity index (χ4n) is 3.11. The van der Waals surface area contributed by atoms with Gasteiger partial charge in [-0.3, -0.25) is 14.9 Å². The average Bonchev–Trinajstić information content (AvgIpc) is 2.98. The third-order valence-corrected chi connectivity index (χ3v) is 4.22. The van der Waals surface area contributed by atoms with Crippen LogP contribution in [0.3, 0.4) is 0 Å². The number of non-ortho nitro benzene ring substituents is 1. The summed E-state index contributed by atoms with van der Waals surface area (Å²) in [7, 11) is 0. The Morgan fingerprint density at radius 2 is 2.13 bits per heavy atom. The molecule has 8 nitrogen and oxygen atoms in total. The van der Waals surface area contributed by atoms with Gasteiger partial charge in [-0.1, -0.05) is 6.07 Å². The number of pyridine rings is 1. The van der Waals surface area contributed by atoms with E-state index in [0.717, 1.165) is 6.42 Å². The standard InChI is InChI=1S/C15H15N3O5/c19-14-12-4-1-5-13(18(22)23)11(12)6-8-16(14)9-10-3-2-7-17(10)15(20)21/h1,4-6,8,10H,2-3,7,9H2,(H,20,21)/t10-/m0/s1. The van der Waals surface area contributed by atoms with Gasteiger partial charge in [0, 0.05) is 25.4 Å². The molecule has 120 valence electrons. The molecule has 1 fully saturated rings. The Balaban J connectivity index is 2.00. The molecular formula is C15H15N3O5. The number of rotatable bonds is 3. The van der Waals surface area contributed by atoms with Crippen LogP contribution in [0.15, 0.2) is 35.3 Å². The molecule has 0 bridgehead atoms. The van der Waals surface area contributed by atoms with Crippen molar-refractivity contribution in [3.8, 4) is 0 Å². The maximum atomic E-state index is 12.5. The molecule has 1 aromatic carbocycles. The summed E-state index contributed by atoms with van der Waals surface area (Å²) in [6, 6.07) is 5.67. The Morgan fingerprint density at radius 1 is 1.35 bits per heavy atom. The molecule has 1 atom stereocenters. The second kappa shape index (κ2) is 5.71. The summed E-state index contributed by atoms with van der Waals surface area (Å²) in [4.78, 5) is 35.6. The van der Waals surface area contributed by atoms with Crippen LogP contribution in [0.4, 0.5) is 10.5 Å². The number of aromatic nitrogens is 1. The van der Waals surface area contributed by atoms with Crippen LogP contribution in [-0.4, -0.2) is 38.2 Å². The molecule has 23 heavy (non-hydrogen) atoms. The highest BCUT2D eigenvalue weighted by Gasteiger charge is 2.29. The Hall–Kier alpha value is -2.90. The number of benzene rings is 1. The fourth-order valence-corrected chi connectivity index (χ4v) is 3.11. The lowest BCUT2D eigenvalue weighted by molar-refractivity contribution is -0.383. The number of hydrogen-bond acceptors (Lipinski definition) is 4. The van der Waals surface area contributed by atoms with Gasteiger partial charge in [-0.05, 0) is 25.0 Å². The Kier molecular flexibility index (Phi) is 3.73. The van der Waals surface area contributed by atoms with Crippen molar-refractivity contribution in [1.82, 2.24) is 9.47 Å².